The van der Waals surface area contributed by atoms with Crippen LogP contribution in [0.15, 0.2) is 65.3 Å². The molecule has 3 rings (SSSR count). The van der Waals surface area contributed by atoms with Gasteiger partial charge in [-0.2, -0.15) is 0 Å². The van der Waals surface area contributed by atoms with Gasteiger partial charge in [-0.05, 0) is 40.4 Å². The molecule has 0 nitrogen and oxygen atoms in total. The molecule has 1 aromatic carbocycles. The zero-order valence-electron chi connectivity index (χ0n) is 19.0. The van der Waals surface area contributed by atoms with E-state index in [2.05, 4.69) is 90.1 Å². The molecule has 0 atom stereocenters. The summed E-state index contributed by atoms with van der Waals surface area (Å²) in [6.07, 6.45) is 9.34. The van der Waals surface area contributed by atoms with Gasteiger partial charge in [0.25, 0.3) is 0 Å². The van der Waals surface area contributed by atoms with Crippen molar-refractivity contribution in [2.45, 2.75) is 87.5 Å². The number of benzene rings is 1. The topological polar surface area (TPSA) is 0 Å². The monoisotopic (exact) mass is 354 g/mol. The van der Waals surface area contributed by atoms with Crippen LogP contribution in [0.1, 0.15) is 87.6 Å². The highest BCUT2D eigenvalue weighted by atomic mass is 14.3. The number of rotatable bonds is 0. The molecular formula is C26H42. The van der Waals surface area contributed by atoms with Crippen molar-refractivity contribution in [1.29, 1.82) is 0 Å². The Balaban J connectivity index is 0.000000409. The van der Waals surface area contributed by atoms with Crippen LogP contribution in [0.2, 0.25) is 0 Å². The first-order chi connectivity index (χ1) is 12.2. The van der Waals surface area contributed by atoms with Crippen molar-refractivity contribution in [2.24, 2.45) is 5.41 Å². The standard InChI is InChI=1S/C12H16.C10H14.2C2H6/c1-12(2,3)11-8-7-9-5-4-6-10(9)11;1-10(2,3)9-7-5-4-6-8-9;2*1-2/h4,6,8H,5,7H2,1-3H3;4-8H,1-3H3;2*1-2H3. The Labute approximate surface area is 164 Å². The molecule has 0 amide bonds. The first-order valence-corrected chi connectivity index (χ1v) is 10.3. The largest absolute Gasteiger partial charge is 0.0798 e. The van der Waals surface area contributed by atoms with Gasteiger partial charge in [-0.1, -0.05) is 123 Å². The van der Waals surface area contributed by atoms with Crippen LogP contribution in [-0.2, 0) is 5.41 Å². The van der Waals surface area contributed by atoms with Crippen LogP contribution in [0.4, 0.5) is 0 Å². The lowest BCUT2D eigenvalue weighted by molar-refractivity contribution is 0.514. The second kappa shape index (κ2) is 11.2. The van der Waals surface area contributed by atoms with E-state index in [4.69, 9.17) is 0 Å². The maximum atomic E-state index is 2.40. The van der Waals surface area contributed by atoms with Gasteiger partial charge in [0.2, 0.25) is 0 Å². The smallest absolute Gasteiger partial charge is 0.0120 e. The van der Waals surface area contributed by atoms with E-state index in [0.29, 0.717) is 10.8 Å². The molecule has 0 bridgehead atoms. The van der Waals surface area contributed by atoms with Gasteiger partial charge in [0, 0.05) is 0 Å². The minimum absolute atomic E-state index is 0.293. The third-order valence-corrected chi connectivity index (χ3v) is 4.32. The molecule has 0 fully saturated rings. The van der Waals surface area contributed by atoms with Crippen LogP contribution in [0.5, 0.6) is 0 Å². The van der Waals surface area contributed by atoms with E-state index in [0.717, 1.165) is 0 Å². The minimum atomic E-state index is 0.293. The summed E-state index contributed by atoms with van der Waals surface area (Å²) in [4.78, 5) is 0. The molecule has 0 heteroatoms. The van der Waals surface area contributed by atoms with E-state index in [-0.39, 0.29) is 0 Å². The van der Waals surface area contributed by atoms with E-state index in [9.17, 15) is 0 Å². The number of hydrogen-bond acceptors (Lipinski definition) is 0. The Morgan fingerprint density at radius 1 is 0.692 bits per heavy atom. The quantitative estimate of drug-likeness (QED) is 0.437. The zero-order valence-corrected chi connectivity index (χ0v) is 19.0. The van der Waals surface area contributed by atoms with Crippen molar-refractivity contribution in [1.82, 2.24) is 0 Å². The molecule has 2 aliphatic carbocycles. The molecule has 0 saturated heterocycles. The highest BCUT2D eigenvalue weighted by Gasteiger charge is 2.26. The Morgan fingerprint density at radius 3 is 1.65 bits per heavy atom. The summed E-state index contributed by atoms with van der Waals surface area (Å²) in [5.41, 5.74) is 6.72. The SMILES string of the molecule is CC.CC.CC(C)(C)C1=CCC2=C1C=CC2.CC(C)(C)c1ccccc1. The first kappa shape index (κ1) is 24.4. The fraction of sp³-hybridized carbons (Fsp3) is 0.538. The lowest BCUT2D eigenvalue weighted by atomic mass is 9.83. The third-order valence-electron chi connectivity index (χ3n) is 4.32. The molecule has 146 valence electrons. The molecule has 26 heavy (non-hydrogen) atoms. The Morgan fingerprint density at radius 2 is 1.23 bits per heavy atom. The molecule has 0 unspecified atom stereocenters. The van der Waals surface area contributed by atoms with E-state index in [1.165, 1.54) is 24.0 Å². The van der Waals surface area contributed by atoms with Gasteiger partial charge in [-0.3, -0.25) is 0 Å². The van der Waals surface area contributed by atoms with E-state index in [1.807, 2.05) is 27.7 Å². The molecule has 0 aliphatic heterocycles. The minimum Gasteiger partial charge on any atom is -0.0798 e. The van der Waals surface area contributed by atoms with Gasteiger partial charge in [0.15, 0.2) is 0 Å². The van der Waals surface area contributed by atoms with E-state index >= 15 is 0 Å². The van der Waals surface area contributed by atoms with Crippen LogP contribution in [0.25, 0.3) is 0 Å². The summed E-state index contributed by atoms with van der Waals surface area (Å²) < 4.78 is 0. The van der Waals surface area contributed by atoms with E-state index < -0.39 is 0 Å². The maximum Gasteiger partial charge on any atom is -0.0120 e. The highest BCUT2D eigenvalue weighted by Crippen LogP contribution is 2.42. The molecule has 0 heterocycles. The third kappa shape index (κ3) is 7.36. The van der Waals surface area contributed by atoms with Crippen LogP contribution in [0, 0.1) is 5.41 Å². The lowest BCUT2D eigenvalue weighted by Gasteiger charge is -2.21. The first-order valence-electron chi connectivity index (χ1n) is 10.3. The predicted molar refractivity (Wildman–Crippen MR) is 121 cm³/mol. The van der Waals surface area contributed by atoms with Crippen LogP contribution in [-0.4, -0.2) is 0 Å². The molecule has 0 aromatic heterocycles. The molecule has 0 saturated carbocycles. The highest BCUT2D eigenvalue weighted by molar-refractivity contribution is 5.55. The molecule has 0 radical (unpaired) electrons. The maximum absolute atomic E-state index is 2.40. The average Bonchev–Trinajstić information content (AvgIpc) is 3.21. The number of allylic oxidation sites excluding steroid dienone is 6. The predicted octanol–water partition coefficient (Wildman–Crippen LogP) is 8.66. The summed E-state index contributed by atoms with van der Waals surface area (Å²) in [6.45, 7) is 21.6. The molecular weight excluding hydrogens is 312 g/mol. The fourth-order valence-electron chi connectivity index (χ4n) is 3.00. The van der Waals surface area contributed by atoms with Crippen molar-refractivity contribution < 1.29 is 0 Å². The zero-order chi connectivity index (χ0) is 20.4. The lowest BCUT2D eigenvalue weighted by Crippen LogP contribution is -2.10. The average molecular weight is 355 g/mol. The van der Waals surface area contributed by atoms with Gasteiger partial charge in [0.1, 0.15) is 0 Å². The van der Waals surface area contributed by atoms with Gasteiger partial charge >= 0.3 is 0 Å². The van der Waals surface area contributed by atoms with Gasteiger partial charge in [-0.15, -0.1) is 0 Å². The summed E-state index contributed by atoms with van der Waals surface area (Å²) in [7, 11) is 0. The van der Waals surface area contributed by atoms with Crippen molar-refractivity contribution in [3.05, 3.63) is 70.8 Å². The van der Waals surface area contributed by atoms with Crippen molar-refractivity contribution >= 4 is 0 Å². The van der Waals surface area contributed by atoms with E-state index in [1.54, 1.807) is 11.1 Å². The normalized spacial score (nSPS) is 14.9. The van der Waals surface area contributed by atoms with Gasteiger partial charge < -0.3 is 0 Å². The molecule has 1 aromatic rings. The van der Waals surface area contributed by atoms with Crippen molar-refractivity contribution in [3.8, 4) is 0 Å². The summed E-state index contributed by atoms with van der Waals surface area (Å²) in [5.74, 6) is 0. The Bertz CT molecular complexity index is 596. The van der Waals surface area contributed by atoms with Crippen molar-refractivity contribution in [3.63, 3.8) is 0 Å². The summed E-state index contributed by atoms with van der Waals surface area (Å²) >= 11 is 0. The molecule has 0 N–H and O–H groups in total. The van der Waals surface area contributed by atoms with Gasteiger partial charge in [-0.25, -0.2) is 0 Å². The summed E-state index contributed by atoms with van der Waals surface area (Å²) in [6, 6.07) is 10.6. The second-order valence-electron chi connectivity index (χ2n) is 8.31. The molecule has 0 spiro atoms. The Hall–Kier alpha value is -1.56. The second-order valence-corrected chi connectivity index (χ2v) is 8.31. The van der Waals surface area contributed by atoms with Crippen LogP contribution >= 0.6 is 0 Å². The Kier molecular flexibility index (Phi) is 10.5. The fourth-order valence-corrected chi connectivity index (χ4v) is 3.00. The summed E-state index contributed by atoms with van der Waals surface area (Å²) in [5, 5.41) is 0. The van der Waals surface area contributed by atoms with Crippen LogP contribution < -0.4 is 0 Å². The van der Waals surface area contributed by atoms with Crippen LogP contribution in [0.3, 0.4) is 0 Å². The van der Waals surface area contributed by atoms with Crippen molar-refractivity contribution in [2.75, 3.05) is 0 Å². The number of hydrogen-bond donors (Lipinski definition) is 0. The molecule has 2 aliphatic rings. The van der Waals surface area contributed by atoms with Gasteiger partial charge in [0.05, 0.1) is 0 Å².